The van der Waals surface area contributed by atoms with E-state index in [1.165, 1.54) is 0 Å². The molecule has 1 aliphatic heterocycles. The van der Waals surface area contributed by atoms with Gasteiger partial charge in [0.1, 0.15) is 11.6 Å². The summed E-state index contributed by atoms with van der Waals surface area (Å²) < 4.78 is 5.52. The SMILES string of the molecule is CC[C@@H]1OCC[C@H]1NC(=O)Nc1ccnc(C)n1. The average molecular weight is 250 g/mol. The maximum atomic E-state index is 11.8. The van der Waals surface area contributed by atoms with Crippen LogP contribution in [-0.2, 0) is 4.74 Å². The number of amides is 2. The highest BCUT2D eigenvalue weighted by atomic mass is 16.5. The van der Waals surface area contributed by atoms with Crippen LogP contribution >= 0.6 is 0 Å². The van der Waals surface area contributed by atoms with E-state index in [1.807, 2.05) is 0 Å². The number of aryl methyl sites for hydroxylation is 1. The fourth-order valence-electron chi connectivity index (χ4n) is 2.06. The second-order valence-corrected chi connectivity index (χ2v) is 4.30. The molecule has 1 aromatic rings. The van der Waals surface area contributed by atoms with Gasteiger partial charge in [0.2, 0.25) is 0 Å². The van der Waals surface area contributed by atoms with E-state index in [1.54, 1.807) is 19.2 Å². The lowest BCUT2D eigenvalue weighted by atomic mass is 10.1. The van der Waals surface area contributed by atoms with E-state index in [0.717, 1.165) is 12.8 Å². The maximum Gasteiger partial charge on any atom is 0.320 e. The van der Waals surface area contributed by atoms with Crippen LogP contribution in [0.4, 0.5) is 10.6 Å². The smallest absolute Gasteiger partial charge is 0.320 e. The Labute approximate surface area is 106 Å². The van der Waals surface area contributed by atoms with Crippen molar-refractivity contribution in [1.29, 1.82) is 0 Å². The number of carbonyl (C=O) groups excluding carboxylic acids is 1. The minimum Gasteiger partial charge on any atom is -0.376 e. The van der Waals surface area contributed by atoms with Crippen molar-refractivity contribution in [3.05, 3.63) is 18.1 Å². The number of nitrogens with zero attached hydrogens (tertiary/aromatic N) is 2. The average Bonchev–Trinajstić information content (AvgIpc) is 2.76. The standard InChI is InChI=1S/C12H18N4O2/c1-3-10-9(5-7-18-10)15-12(17)16-11-4-6-13-8(2)14-11/h4,6,9-10H,3,5,7H2,1-2H3,(H2,13,14,15,16,17)/t9-,10+/m1/s1. The van der Waals surface area contributed by atoms with E-state index in [2.05, 4.69) is 27.5 Å². The van der Waals surface area contributed by atoms with E-state index in [0.29, 0.717) is 18.2 Å². The van der Waals surface area contributed by atoms with Crippen molar-refractivity contribution >= 4 is 11.8 Å². The monoisotopic (exact) mass is 250 g/mol. The van der Waals surface area contributed by atoms with Gasteiger partial charge in [0, 0.05) is 12.8 Å². The van der Waals surface area contributed by atoms with Gasteiger partial charge in [-0.1, -0.05) is 6.92 Å². The van der Waals surface area contributed by atoms with Gasteiger partial charge in [-0.2, -0.15) is 0 Å². The normalized spacial score (nSPS) is 22.8. The Hall–Kier alpha value is -1.69. The molecule has 2 rings (SSSR count). The number of rotatable bonds is 3. The fourth-order valence-corrected chi connectivity index (χ4v) is 2.06. The van der Waals surface area contributed by atoms with Crippen LogP contribution in [0.3, 0.4) is 0 Å². The highest BCUT2D eigenvalue weighted by Gasteiger charge is 2.27. The largest absolute Gasteiger partial charge is 0.376 e. The summed E-state index contributed by atoms with van der Waals surface area (Å²) in [6.45, 7) is 4.54. The third-order valence-electron chi connectivity index (χ3n) is 2.95. The highest BCUT2D eigenvalue weighted by molar-refractivity contribution is 5.88. The number of carbonyl (C=O) groups is 1. The van der Waals surface area contributed by atoms with Crippen LogP contribution < -0.4 is 10.6 Å². The molecule has 2 atom stereocenters. The van der Waals surface area contributed by atoms with Gasteiger partial charge >= 0.3 is 6.03 Å². The molecule has 0 bridgehead atoms. The van der Waals surface area contributed by atoms with E-state index < -0.39 is 0 Å². The van der Waals surface area contributed by atoms with Crippen LogP contribution in [0.1, 0.15) is 25.6 Å². The van der Waals surface area contributed by atoms with Crippen LogP contribution in [0.25, 0.3) is 0 Å². The van der Waals surface area contributed by atoms with Crippen LogP contribution in [0.5, 0.6) is 0 Å². The van der Waals surface area contributed by atoms with Gasteiger partial charge in [-0.05, 0) is 25.8 Å². The van der Waals surface area contributed by atoms with Gasteiger partial charge in [0.15, 0.2) is 0 Å². The number of hydrogen-bond acceptors (Lipinski definition) is 4. The van der Waals surface area contributed by atoms with Crippen LogP contribution in [0, 0.1) is 6.92 Å². The second-order valence-electron chi connectivity index (χ2n) is 4.30. The van der Waals surface area contributed by atoms with Gasteiger partial charge < -0.3 is 10.1 Å². The summed E-state index contributed by atoms with van der Waals surface area (Å²) in [6.07, 6.45) is 3.49. The number of hydrogen-bond donors (Lipinski definition) is 2. The van der Waals surface area contributed by atoms with E-state index >= 15 is 0 Å². The van der Waals surface area contributed by atoms with Crippen molar-refractivity contribution < 1.29 is 9.53 Å². The number of urea groups is 1. The van der Waals surface area contributed by atoms with Crippen molar-refractivity contribution in [1.82, 2.24) is 15.3 Å². The molecule has 98 valence electrons. The first-order valence-corrected chi connectivity index (χ1v) is 6.18. The molecule has 0 unspecified atom stereocenters. The summed E-state index contributed by atoms with van der Waals surface area (Å²) in [7, 11) is 0. The van der Waals surface area contributed by atoms with Crippen molar-refractivity contribution in [2.24, 2.45) is 0 Å². The van der Waals surface area contributed by atoms with Crippen LogP contribution in [0.2, 0.25) is 0 Å². The molecule has 0 aliphatic carbocycles. The van der Waals surface area contributed by atoms with Crippen molar-refractivity contribution in [2.45, 2.75) is 38.8 Å². The minimum atomic E-state index is -0.248. The molecule has 0 spiro atoms. The van der Waals surface area contributed by atoms with Gasteiger partial charge in [0.25, 0.3) is 0 Å². The second kappa shape index (κ2) is 5.77. The lowest BCUT2D eigenvalue weighted by Gasteiger charge is -2.18. The molecule has 1 aliphatic rings. The third kappa shape index (κ3) is 3.16. The molecular formula is C12H18N4O2. The Bertz CT molecular complexity index is 424. The fraction of sp³-hybridized carbons (Fsp3) is 0.583. The summed E-state index contributed by atoms with van der Waals surface area (Å²) >= 11 is 0. The van der Waals surface area contributed by atoms with Gasteiger partial charge in [-0.3, -0.25) is 5.32 Å². The zero-order chi connectivity index (χ0) is 13.0. The third-order valence-corrected chi connectivity index (χ3v) is 2.95. The predicted molar refractivity (Wildman–Crippen MR) is 67.4 cm³/mol. The lowest BCUT2D eigenvalue weighted by molar-refractivity contribution is 0.0970. The zero-order valence-corrected chi connectivity index (χ0v) is 10.6. The van der Waals surface area contributed by atoms with Gasteiger partial charge in [0.05, 0.1) is 12.1 Å². The lowest BCUT2D eigenvalue weighted by Crippen LogP contribution is -2.42. The highest BCUT2D eigenvalue weighted by Crippen LogP contribution is 2.16. The number of ether oxygens (including phenoxy) is 1. The quantitative estimate of drug-likeness (QED) is 0.851. The Morgan fingerprint density at radius 2 is 2.44 bits per heavy atom. The van der Waals surface area contributed by atoms with Crippen molar-refractivity contribution in [3.8, 4) is 0 Å². The molecule has 18 heavy (non-hydrogen) atoms. The Kier molecular flexibility index (Phi) is 4.09. The number of aromatic nitrogens is 2. The molecule has 0 saturated carbocycles. The summed E-state index contributed by atoms with van der Waals surface area (Å²) in [5.41, 5.74) is 0. The Balaban J connectivity index is 1.89. The maximum absolute atomic E-state index is 11.8. The number of nitrogens with one attached hydrogen (secondary N) is 2. The van der Waals surface area contributed by atoms with Gasteiger partial charge in [-0.15, -0.1) is 0 Å². The zero-order valence-electron chi connectivity index (χ0n) is 10.6. The predicted octanol–water partition coefficient (Wildman–Crippen LogP) is 1.47. The molecular weight excluding hydrogens is 232 g/mol. The Morgan fingerprint density at radius 1 is 1.61 bits per heavy atom. The molecule has 2 amide bonds. The first-order chi connectivity index (χ1) is 8.69. The van der Waals surface area contributed by atoms with E-state index in [9.17, 15) is 4.79 Å². The van der Waals surface area contributed by atoms with Crippen LogP contribution in [0.15, 0.2) is 12.3 Å². The summed E-state index contributed by atoms with van der Waals surface area (Å²) in [5.74, 6) is 1.13. The minimum absolute atomic E-state index is 0.0814. The molecule has 6 nitrogen and oxygen atoms in total. The molecule has 0 radical (unpaired) electrons. The van der Waals surface area contributed by atoms with Crippen molar-refractivity contribution in [2.75, 3.05) is 11.9 Å². The molecule has 2 N–H and O–H groups in total. The first kappa shape index (κ1) is 12.8. The molecule has 2 heterocycles. The summed E-state index contributed by atoms with van der Waals surface area (Å²) in [4.78, 5) is 19.9. The molecule has 1 aromatic heterocycles. The Morgan fingerprint density at radius 3 is 3.17 bits per heavy atom. The molecule has 1 saturated heterocycles. The summed E-state index contributed by atoms with van der Waals surface area (Å²) in [6, 6.07) is 1.50. The van der Waals surface area contributed by atoms with E-state index in [4.69, 9.17) is 4.74 Å². The first-order valence-electron chi connectivity index (χ1n) is 6.18. The van der Waals surface area contributed by atoms with E-state index in [-0.39, 0.29) is 18.2 Å². The van der Waals surface area contributed by atoms with Gasteiger partial charge in [-0.25, -0.2) is 14.8 Å². The molecule has 6 heteroatoms. The molecule has 0 aromatic carbocycles. The number of anilines is 1. The topological polar surface area (TPSA) is 76.1 Å². The van der Waals surface area contributed by atoms with Crippen molar-refractivity contribution in [3.63, 3.8) is 0 Å². The summed E-state index contributed by atoms with van der Waals surface area (Å²) in [5, 5.41) is 5.61. The van der Waals surface area contributed by atoms with Crippen LogP contribution in [-0.4, -0.2) is 34.8 Å². The molecule has 1 fully saturated rings.